The zero-order valence-corrected chi connectivity index (χ0v) is 15.6. The predicted octanol–water partition coefficient (Wildman–Crippen LogP) is 0.911. The van der Waals surface area contributed by atoms with Crippen LogP contribution in [0.15, 0.2) is 73.1 Å². The molecule has 1 aromatic heterocycles. The van der Waals surface area contributed by atoms with Crippen LogP contribution < -0.4 is 26.3 Å². The maximum Gasteiger partial charge on any atom is 0.173 e. The second-order valence-electron chi connectivity index (χ2n) is 5.55. The van der Waals surface area contributed by atoms with Crippen LogP contribution in [-0.2, 0) is 6.54 Å². The van der Waals surface area contributed by atoms with Crippen LogP contribution in [0.1, 0.15) is 16.7 Å². The van der Waals surface area contributed by atoms with E-state index in [9.17, 15) is 5.11 Å². The van der Waals surface area contributed by atoms with Gasteiger partial charge >= 0.3 is 0 Å². The van der Waals surface area contributed by atoms with Gasteiger partial charge < -0.3 is 26.8 Å². The number of ether oxygens (including phenoxy) is 1. The molecule has 0 saturated heterocycles. The van der Waals surface area contributed by atoms with Crippen LogP contribution in [-0.4, -0.2) is 12.2 Å². The molecule has 0 fully saturated rings. The van der Waals surface area contributed by atoms with E-state index < -0.39 is 0 Å². The number of methoxy groups -OCH3 is 1. The molecule has 3 aromatic rings. The summed E-state index contributed by atoms with van der Waals surface area (Å²) < 4.78 is 7.27. The smallest absolute Gasteiger partial charge is 0.173 e. The average molecular weight is 398 g/mol. The fourth-order valence-electron chi connectivity index (χ4n) is 2.47. The molecule has 0 aliphatic heterocycles. The minimum absolute atomic E-state index is 0. The monoisotopic (exact) mass is 397 g/mol. The summed E-state index contributed by atoms with van der Waals surface area (Å²) >= 11 is 0. The van der Waals surface area contributed by atoms with Gasteiger partial charge in [0, 0.05) is 17.7 Å². The maximum absolute atomic E-state index is 9.62. The molecule has 0 atom stereocenters. The van der Waals surface area contributed by atoms with E-state index in [1.807, 2.05) is 30.4 Å². The lowest BCUT2D eigenvalue weighted by Gasteiger charge is -2.03. The maximum atomic E-state index is 9.62. The summed E-state index contributed by atoms with van der Waals surface area (Å²) in [6.45, 7) is 0.861. The Balaban J connectivity index is 0.00000225. The first-order valence-electron chi connectivity index (χ1n) is 7.83. The first kappa shape index (κ1) is 18.7. The molecule has 1 heterocycles. The number of benzene rings is 2. The van der Waals surface area contributed by atoms with E-state index in [2.05, 4.69) is 53.4 Å². The van der Waals surface area contributed by atoms with Crippen molar-refractivity contribution in [1.29, 1.82) is 0 Å². The SMILES string of the molecule is COc1cc(/C=C/c2cc[n+](Cc3ccccc3)cc2)ccc1O.[Br-]. The number of phenolic OH excluding ortho intramolecular Hbond substituents is 1. The van der Waals surface area contributed by atoms with Gasteiger partial charge in [0.1, 0.15) is 0 Å². The number of aromatic hydroxyl groups is 1. The van der Waals surface area contributed by atoms with Gasteiger partial charge in [-0.05, 0) is 23.3 Å². The molecule has 0 amide bonds. The van der Waals surface area contributed by atoms with Crippen LogP contribution in [0.3, 0.4) is 0 Å². The van der Waals surface area contributed by atoms with Crippen molar-refractivity contribution in [2.45, 2.75) is 6.54 Å². The van der Waals surface area contributed by atoms with Crippen LogP contribution in [0.4, 0.5) is 0 Å². The Morgan fingerprint density at radius 2 is 1.60 bits per heavy atom. The zero-order chi connectivity index (χ0) is 16.8. The molecule has 0 aliphatic rings. The molecular formula is C21H20BrNO2. The van der Waals surface area contributed by atoms with Gasteiger partial charge in [-0.25, -0.2) is 4.57 Å². The number of pyridine rings is 1. The molecule has 1 N–H and O–H groups in total. The van der Waals surface area contributed by atoms with Gasteiger partial charge in [0.15, 0.2) is 30.4 Å². The zero-order valence-electron chi connectivity index (χ0n) is 14.0. The molecule has 4 heteroatoms. The van der Waals surface area contributed by atoms with Crippen molar-refractivity contribution in [3.8, 4) is 11.5 Å². The molecule has 0 spiro atoms. The summed E-state index contributed by atoms with van der Waals surface area (Å²) in [4.78, 5) is 0. The standard InChI is InChI=1S/C21H19NO2.BrH/c1-24-21-15-18(9-10-20(21)23)8-7-17-11-13-22(14-12-17)16-19-5-3-2-4-6-19;/h2-15H,16H2,1H3;1H. The third-order valence-corrected chi connectivity index (χ3v) is 3.80. The highest BCUT2D eigenvalue weighted by molar-refractivity contribution is 5.70. The second kappa shape index (κ2) is 9.04. The number of halogens is 1. The van der Waals surface area contributed by atoms with Crippen LogP contribution >= 0.6 is 0 Å². The average Bonchev–Trinajstić information content (AvgIpc) is 2.63. The molecule has 128 valence electrons. The lowest BCUT2D eigenvalue weighted by molar-refractivity contribution is -0.688. The summed E-state index contributed by atoms with van der Waals surface area (Å²) in [5.74, 6) is 0.627. The normalized spacial score (nSPS) is 10.4. The van der Waals surface area contributed by atoms with E-state index in [1.54, 1.807) is 13.2 Å². The van der Waals surface area contributed by atoms with Crippen molar-refractivity contribution < 1.29 is 31.4 Å². The molecule has 0 unspecified atom stereocenters. The van der Waals surface area contributed by atoms with Crippen LogP contribution in [0.5, 0.6) is 11.5 Å². The highest BCUT2D eigenvalue weighted by atomic mass is 79.9. The van der Waals surface area contributed by atoms with Gasteiger partial charge in [-0.1, -0.05) is 48.6 Å². The molecule has 0 aliphatic carbocycles. The minimum atomic E-state index is 0. The summed E-state index contributed by atoms with van der Waals surface area (Å²) in [6, 6.07) is 19.8. The van der Waals surface area contributed by atoms with Gasteiger partial charge in [0.05, 0.1) is 7.11 Å². The van der Waals surface area contributed by atoms with Crippen LogP contribution in [0, 0.1) is 0 Å². The third-order valence-electron chi connectivity index (χ3n) is 3.80. The van der Waals surface area contributed by atoms with E-state index in [-0.39, 0.29) is 22.7 Å². The Kier molecular flexibility index (Phi) is 6.78. The summed E-state index contributed by atoms with van der Waals surface area (Å²) in [5, 5.41) is 9.62. The molecule has 2 aromatic carbocycles. The van der Waals surface area contributed by atoms with Crippen molar-refractivity contribution in [2.24, 2.45) is 0 Å². The Morgan fingerprint density at radius 3 is 2.28 bits per heavy atom. The van der Waals surface area contributed by atoms with Crippen molar-refractivity contribution in [3.63, 3.8) is 0 Å². The Labute approximate surface area is 158 Å². The molecule has 3 nitrogen and oxygen atoms in total. The van der Waals surface area contributed by atoms with Gasteiger partial charge in [-0.3, -0.25) is 0 Å². The third kappa shape index (κ3) is 5.19. The van der Waals surface area contributed by atoms with Crippen molar-refractivity contribution >= 4 is 12.2 Å². The number of phenols is 1. The van der Waals surface area contributed by atoms with Gasteiger partial charge in [-0.15, -0.1) is 0 Å². The van der Waals surface area contributed by atoms with E-state index in [0.717, 1.165) is 17.7 Å². The molecule has 25 heavy (non-hydrogen) atoms. The fourth-order valence-corrected chi connectivity index (χ4v) is 2.47. The van der Waals surface area contributed by atoms with Crippen LogP contribution in [0.25, 0.3) is 12.2 Å². The van der Waals surface area contributed by atoms with E-state index in [4.69, 9.17) is 4.74 Å². The van der Waals surface area contributed by atoms with E-state index in [1.165, 1.54) is 5.56 Å². The number of aromatic nitrogens is 1. The number of hydrogen-bond acceptors (Lipinski definition) is 2. The van der Waals surface area contributed by atoms with Crippen molar-refractivity contribution in [3.05, 3.63) is 89.7 Å². The first-order valence-corrected chi connectivity index (χ1v) is 7.83. The lowest BCUT2D eigenvalue weighted by atomic mass is 10.1. The number of hydrogen-bond donors (Lipinski definition) is 1. The number of rotatable bonds is 5. The molecule has 0 saturated carbocycles. The van der Waals surface area contributed by atoms with E-state index >= 15 is 0 Å². The largest absolute Gasteiger partial charge is 1.00 e. The van der Waals surface area contributed by atoms with Gasteiger partial charge in [0.2, 0.25) is 0 Å². The highest BCUT2D eigenvalue weighted by Crippen LogP contribution is 2.26. The predicted molar refractivity (Wildman–Crippen MR) is 95.8 cm³/mol. The molecule has 0 bridgehead atoms. The van der Waals surface area contributed by atoms with Crippen molar-refractivity contribution in [1.82, 2.24) is 0 Å². The minimum Gasteiger partial charge on any atom is -1.00 e. The fraction of sp³-hybridized carbons (Fsp3) is 0.0952. The molecule has 0 radical (unpaired) electrons. The highest BCUT2D eigenvalue weighted by Gasteiger charge is 2.02. The molecular weight excluding hydrogens is 378 g/mol. The number of nitrogens with zero attached hydrogens (tertiary/aromatic N) is 1. The summed E-state index contributed by atoms with van der Waals surface area (Å²) in [5.41, 5.74) is 3.37. The summed E-state index contributed by atoms with van der Waals surface area (Å²) in [7, 11) is 1.55. The van der Waals surface area contributed by atoms with Crippen molar-refractivity contribution in [2.75, 3.05) is 7.11 Å². The Hall–Kier alpha value is -2.59. The topological polar surface area (TPSA) is 33.3 Å². The first-order chi connectivity index (χ1) is 11.7. The summed E-state index contributed by atoms with van der Waals surface area (Å²) in [6.07, 6.45) is 8.19. The lowest BCUT2D eigenvalue weighted by Crippen LogP contribution is -3.00. The second-order valence-corrected chi connectivity index (χ2v) is 5.55. The van der Waals surface area contributed by atoms with Gasteiger partial charge in [0.25, 0.3) is 0 Å². The van der Waals surface area contributed by atoms with Gasteiger partial charge in [-0.2, -0.15) is 0 Å². The van der Waals surface area contributed by atoms with Crippen LogP contribution in [0.2, 0.25) is 0 Å². The Morgan fingerprint density at radius 1 is 0.920 bits per heavy atom. The molecule has 3 rings (SSSR count). The van der Waals surface area contributed by atoms with E-state index in [0.29, 0.717) is 5.75 Å². The Bertz CT molecular complexity index is 830. The quantitative estimate of drug-likeness (QED) is 0.649.